The Labute approximate surface area is 83.3 Å². The lowest BCUT2D eigenvalue weighted by Gasteiger charge is -2.29. The third-order valence-electron chi connectivity index (χ3n) is 2.94. The molecular weight excluding hydrogens is 216 g/mol. The van der Waals surface area contributed by atoms with Gasteiger partial charge in [-0.25, -0.2) is 0 Å². The van der Waals surface area contributed by atoms with Crippen LogP contribution in [0.4, 0.5) is 0 Å². The van der Waals surface area contributed by atoms with Crippen molar-refractivity contribution in [3.8, 4) is 0 Å². The molecule has 0 amide bonds. The van der Waals surface area contributed by atoms with E-state index >= 15 is 0 Å². The smallest absolute Gasteiger partial charge is 0.0612 e. The Balaban J connectivity index is 2.54. The van der Waals surface area contributed by atoms with Gasteiger partial charge < -0.3 is 4.74 Å². The van der Waals surface area contributed by atoms with Crippen LogP contribution in [-0.2, 0) is 4.74 Å². The van der Waals surface area contributed by atoms with Crippen LogP contribution in [-0.4, -0.2) is 18.0 Å². The van der Waals surface area contributed by atoms with Crippen LogP contribution in [0.15, 0.2) is 12.7 Å². The first kappa shape index (κ1) is 10.3. The highest BCUT2D eigenvalue weighted by molar-refractivity contribution is 9.09. The van der Waals surface area contributed by atoms with E-state index in [-0.39, 0.29) is 0 Å². The topological polar surface area (TPSA) is 9.23 Å². The molecule has 0 saturated carbocycles. The molecule has 1 nitrogen and oxygen atoms in total. The highest BCUT2D eigenvalue weighted by Gasteiger charge is 2.39. The molecule has 0 aliphatic carbocycles. The highest BCUT2D eigenvalue weighted by atomic mass is 79.9. The predicted molar refractivity (Wildman–Crippen MR) is 55.7 cm³/mol. The fourth-order valence-electron chi connectivity index (χ4n) is 1.78. The molecule has 0 radical (unpaired) electrons. The Bertz CT molecular complexity index is 158. The molecule has 12 heavy (non-hydrogen) atoms. The lowest BCUT2D eigenvalue weighted by molar-refractivity contribution is 0.0711. The fourth-order valence-corrected chi connectivity index (χ4v) is 2.80. The molecule has 0 aromatic rings. The quantitative estimate of drug-likeness (QED) is 0.535. The molecule has 0 aromatic heterocycles. The second-order valence-electron chi connectivity index (χ2n) is 3.59. The summed E-state index contributed by atoms with van der Waals surface area (Å²) < 4.78 is 5.59. The molecule has 2 heteroatoms. The van der Waals surface area contributed by atoms with Gasteiger partial charge in [0.2, 0.25) is 0 Å². The van der Waals surface area contributed by atoms with E-state index in [4.69, 9.17) is 4.74 Å². The van der Waals surface area contributed by atoms with Crippen molar-refractivity contribution in [2.24, 2.45) is 5.41 Å². The molecule has 2 atom stereocenters. The van der Waals surface area contributed by atoms with E-state index in [1.54, 1.807) is 0 Å². The van der Waals surface area contributed by atoms with E-state index in [0.717, 1.165) is 18.4 Å². The molecular formula is C10H17BrO. The summed E-state index contributed by atoms with van der Waals surface area (Å²) in [5.41, 5.74) is 0.369. The van der Waals surface area contributed by atoms with Crippen LogP contribution in [0.25, 0.3) is 0 Å². The molecule has 1 aliphatic rings. The first-order valence-corrected chi connectivity index (χ1v) is 5.66. The third-order valence-corrected chi connectivity index (χ3v) is 4.06. The largest absolute Gasteiger partial charge is 0.378 e. The molecule has 1 fully saturated rings. The lowest BCUT2D eigenvalue weighted by Crippen LogP contribution is -2.30. The number of allylic oxidation sites excluding steroid dienone is 1. The number of hydrogen-bond donors (Lipinski definition) is 0. The number of ether oxygens (including phenoxy) is 1. The third kappa shape index (κ3) is 1.91. The second-order valence-corrected chi connectivity index (χ2v) is 4.15. The van der Waals surface area contributed by atoms with Gasteiger partial charge in [0.25, 0.3) is 0 Å². The van der Waals surface area contributed by atoms with Crippen molar-refractivity contribution < 1.29 is 4.74 Å². The molecule has 1 aliphatic heterocycles. The van der Waals surface area contributed by atoms with Gasteiger partial charge in [-0.2, -0.15) is 0 Å². The minimum atomic E-state index is 0.369. The molecule has 1 heterocycles. The van der Waals surface area contributed by atoms with E-state index in [0.29, 0.717) is 11.5 Å². The molecule has 0 spiro atoms. The van der Waals surface area contributed by atoms with Crippen LogP contribution >= 0.6 is 15.9 Å². The fraction of sp³-hybridized carbons (Fsp3) is 0.800. The molecule has 1 saturated heterocycles. The molecule has 1 rings (SSSR count). The first-order chi connectivity index (χ1) is 5.75. The summed E-state index contributed by atoms with van der Waals surface area (Å²) in [7, 11) is 0. The van der Waals surface area contributed by atoms with E-state index < -0.39 is 0 Å². The zero-order valence-electron chi connectivity index (χ0n) is 7.68. The molecule has 0 bridgehead atoms. The summed E-state index contributed by atoms with van der Waals surface area (Å²) in [5.74, 6) is 0. The van der Waals surface area contributed by atoms with Crippen molar-refractivity contribution in [3.05, 3.63) is 12.7 Å². The van der Waals surface area contributed by atoms with Gasteiger partial charge in [-0.3, -0.25) is 0 Å². The number of alkyl halides is 1. The maximum Gasteiger partial charge on any atom is 0.0612 e. The van der Waals surface area contributed by atoms with Gasteiger partial charge in [0.1, 0.15) is 0 Å². The van der Waals surface area contributed by atoms with Gasteiger partial charge in [-0.15, -0.1) is 6.58 Å². The van der Waals surface area contributed by atoms with Crippen LogP contribution < -0.4 is 0 Å². The van der Waals surface area contributed by atoms with Gasteiger partial charge in [-0.05, 0) is 26.2 Å². The SMILES string of the molecule is C=CCCC1(CBr)CCOC1C. The van der Waals surface area contributed by atoms with Gasteiger partial charge >= 0.3 is 0 Å². The molecule has 70 valence electrons. The average molecular weight is 233 g/mol. The second kappa shape index (κ2) is 4.43. The summed E-state index contributed by atoms with van der Waals surface area (Å²) in [6.45, 7) is 6.85. The van der Waals surface area contributed by atoms with Gasteiger partial charge in [0.05, 0.1) is 6.10 Å². The van der Waals surface area contributed by atoms with Crippen molar-refractivity contribution in [3.63, 3.8) is 0 Å². The summed E-state index contributed by atoms with van der Waals surface area (Å²) in [6.07, 6.45) is 5.88. The van der Waals surface area contributed by atoms with Gasteiger partial charge in [0.15, 0.2) is 0 Å². The normalized spacial score (nSPS) is 35.3. The number of hydrogen-bond acceptors (Lipinski definition) is 1. The monoisotopic (exact) mass is 232 g/mol. The predicted octanol–water partition coefficient (Wildman–Crippen LogP) is 3.14. The van der Waals surface area contributed by atoms with Gasteiger partial charge in [-0.1, -0.05) is 22.0 Å². The highest BCUT2D eigenvalue weighted by Crippen LogP contribution is 2.40. The van der Waals surface area contributed by atoms with Crippen molar-refractivity contribution in [1.29, 1.82) is 0 Å². The Morgan fingerprint density at radius 2 is 2.50 bits per heavy atom. The van der Waals surface area contributed by atoms with E-state index in [9.17, 15) is 0 Å². The summed E-state index contributed by atoms with van der Waals surface area (Å²) in [5, 5.41) is 1.05. The van der Waals surface area contributed by atoms with E-state index in [1.807, 2.05) is 6.08 Å². The van der Waals surface area contributed by atoms with Crippen molar-refractivity contribution in [2.45, 2.75) is 32.3 Å². The molecule has 0 N–H and O–H groups in total. The minimum absolute atomic E-state index is 0.369. The van der Waals surface area contributed by atoms with Crippen LogP contribution in [0, 0.1) is 5.41 Å². The van der Waals surface area contributed by atoms with Crippen molar-refractivity contribution >= 4 is 15.9 Å². The minimum Gasteiger partial charge on any atom is -0.378 e. The summed E-state index contributed by atoms with van der Waals surface area (Å²) in [4.78, 5) is 0. The summed E-state index contributed by atoms with van der Waals surface area (Å²) >= 11 is 3.59. The maximum absolute atomic E-state index is 5.59. The Morgan fingerprint density at radius 3 is 2.92 bits per heavy atom. The van der Waals surface area contributed by atoms with Gasteiger partial charge in [0, 0.05) is 17.4 Å². The van der Waals surface area contributed by atoms with Crippen molar-refractivity contribution in [1.82, 2.24) is 0 Å². The molecule has 2 unspecified atom stereocenters. The standard InChI is InChI=1S/C10H17BrO/c1-3-4-5-10(8-11)6-7-12-9(10)2/h3,9H,1,4-8H2,2H3. The van der Waals surface area contributed by atoms with Crippen LogP contribution in [0.5, 0.6) is 0 Å². The average Bonchev–Trinajstić information content (AvgIpc) is 2.45. The zero-order chi connectivity index (χ0) is 9.03. The van der Waals surface area contributed by atoms with Crippen LogP contribution in [0.2, 0.25) is 0 Å². The Kier molecular flexibility index (Phi) is 3.78. The number of rotatable bonds is 4. The maximum atomic E-state index is 5.59. The molecule has 0 aromatic carbocycles. The first-order valence-electron chi connectivity index (χ1n) is 4.53. The van der Waals surface area contributed by atoms with Crippen LogP contribution in [0.3, 0.4) is 0 Å². The van der Waals surface area contributed by atoms with Crippen molar-refractivity contribution in [2.75, 3.05) is 11.9 Å². The van der Waals surface area contributed by atoms with E-state index in [1.165, 1.54) is 12.8 Å². The van der Waals surface area contributed by atoms with E-state index in [2.05, 4.69) is 29.4 Å². The lowest BCUT2D eigenvalue weighted by atomic mass is 9.80. The number of halogens is 1. The van der Waals surface area contributed by atoms with Crippen LogP contribution in [0.1, 0.15) is 26.2 Å². The zero-order valence-corrected chi connectivity index (χ0v) is 9.27. The summed E-state index contributed by atoms with van der Waals surface area (Å²) in [6, 6.07) is 0. The Morgan fingerprint density at radius 1 is 1.75 bits per heavy atom. The Hall–Kier alpha value is 0.180.